The molecule has 0 saturated heterocycles. The normalized spacial score (nSPS) is 12.1. The third kappa shape index (κ3) is 3.81. The van der Waals surface area contributed by atoms with Gasteiger partial charge >= 0.3 is 5.97 Å². The second kappa shape index (κ2) is 5.85. The Hall–Kier alpha value is -1.09. The van der Waals surface area contributed by atoms with Crippen LogP contribution in [0.5, 0.6) is 0 Å². The van der Waals surface area contributed by atoms with Gasteiger partial charge in [0.15, 0.2) is 0 Å². The summed E-state index contributed by atoms with van der Waals surface area (Å²) in [5.41, 5.74) is 0.910. The number of rotatable bonds is 5. The molecule has 0 aliphatic heterocycles. The first-order chi connectivity index (χ1) is 7.52. The van der Waals surface area contributed by atoms with Gasteiger partial charge in [0.05, 0.1) is 0 Å². The minimum atomic E-state index is -0.865. The lowest BCUT2D eigenvalue weighted by atomic mass is 10.1. The maximum atomic E-state index is 10.7. The monoisotopic (exact) mass is 238 g/mol. The van der Waals surface area contributed by atoms with E-state index in [4.69, 9.17) is 5.11 Å². The molecule has 0 aliphatic carbocycles. The van der Waals surface area contributed by atoms with E-state index in [2.05, 4.69) is 19.9 Å². The van der Waals surface area contributed by atoms with Gasteiger partial charge in [-0.05, 0) is 36.5 Å². The van der Waals surface area contributed by atoms with Crippen molar-refractivity contribution in [2.45, 2.75) is 33.6 Å². The number of aliphatic carboxylic acids is 1. The summed E-state index contributed by atoms with van der Waals surface area (Å²) in [6.45, 7) is 6.36. The number of allylic oxidation sites excluding steroid dienone is 1. The molecule has 1 rings (SSSR count). The molecular weight excluding hydrogens is 220 g/mol. The van der Waals surface area contributed by atoms with Crippen LogP contribution in [0.4, 0.5) is 0 Å². The molecule has 2 nitrogen and oxygen atoms in total. The highest BCUT2D eigenvalue weighted by Crippen LogP contribution is 2.27. The lowest BCUT2D eigenvalue weighted by molar-refractivity contribution is -0.131. The molecule has 3 heteroatoms. The van der Waals surface area contributed by atoms with Crippen molar-refractivity contribution in [3.05, 3.63) is 28.0 Å². The lowest BCUT2D eigenvalue weighted by Gasteiger charge is -2.01. The van der Waals surface area contributed by atoms with Gasteiger partial charge in [0.25, 0.3) is 0 Å². The SMILES string of the molecule is CC/C(=C\C(=O)O)c1ccc(CC(C)C)s1. The van der Waals surface area contributed by atoms with Gasteiger partial charge in [-0.3, -0.25) is 0 Å². The van der Waals surface area contributed by atoms with Crippen LogP contribution in [0.2, 0.25) is 0 Å². The lowest BCUT2D eigenvalue weighted by Crippen LogP contribution is -1.90. The Bertz CT molecular complexity index is 388. The summed E-state index contributed by atoms with van der Waals surface area (Å²) in [4.78, 5) is 13.1. The number of hydrogen-bond donors (Lipinski definition) is 1. The van der Waals surface area contributed by atoms with E-state index in [0.717, 1.165) is 23.3 Å². The highest BCUT2D eigenvalue weighted by molar-refractivity contribution is 7.13. The topological polar surface area (TPSA) is 37.3 Å². The van der Waals surface area contributed by atoms with E-state index in [-0.39, 0.29) is 0 Å². The van der Waals surface area contributed by atoms with Gasteiger partial charge in [0, 0.05) is 15.8 Å². The van der Waals surface area contributed by atoms with Gasteiger partial charge in [-0.15, -0.1) is 11.3 Å². The fraction of sp³-hybridized carbons (Fsp3) is 0.462. The molecule has 0 bridgehead atoms. The quantitative estimate of drug-likeness (QED) is 0.792. The summed E-state index contributed by atoms with van der Waals surface area (Å²) in [6, 6.07) is 4.13. The first kappa shape index (κ1) is 13.0. The zero-order valence-corrected chi connectivity index (χ0v) is 10.8. The number of thiophene rings is 1. The van der Waals surface area contributed by atoms with Crippen molar-refractivity contribution in [2.75, 3.05) is 0 Å². The van der Waals surface area contributed by atoms with Crippen LogP contribution in [0.1, 0.15) is 36.9 Å². The van der Waals surface area contributed by atoms with Crippen LogP contribution in [0.25, 0.3) is 5.57 Å². The predicted octanol–water partition coefficient (Wildman–Crippen LogP) is 3.82. The molecule has 0 fully saturated rings. The average Bonchev–Trinajstić information content (AvgIpc) is 2.61. The van der Waals surface area contributed by atoms with E-state index in [1.807, 2.05) is 13.0 Å². The Labute approximate surface area is 101 Å². The average molecular weight is 238 g/mol. The molecule has 0 atom stereocenters. The standard InChI is InChI=1S/C13H18O2S/c1-4-10(8-13(14)15)12-6-5-11(16-12)7-9(2)3/h5-6,8-9H,4,7H2,1-3H3,(H,14,15)/b10-8+. The van der Waals surface area contributed by atoms with Crippen LogP contribution in [-0.2, 0) is 11.2 Å². The Morgan fingerprint density at radius 1 is 1.50 bits per heavy atom. The second-order valence-electron chi connectivity index (χ2n) is 4.23. The molecule has 1 N–H and O–H groups in total. The van der Waals surface area contributed by atoms with Gasteiger partial charge in [0.1, 0.15) is 0 Å². The van der Waals surface area contributed by atoms with Gasteiger partial charge < -0.3 is 5.11 Å². The Balaban J connectivity index is 2.87. The molecule has 0 spiro atoms. The maximum Gasteiger partial charge on any atom is 0.328 e. The van der Waals surface area contributed by atoms with Crippen molar-refractivity contribution in [3.63, 3.8) is 0 Å². The van der Waals surface area contributed by atoms with E-state index in [9.17, 15) is 4.79 Å². The molecular formula is C13H18O2S. The first-order valence-electron chi connectivity index (χ1n) is 5.55. The molecule has 0 aliphatic rings. The number of hydrogen-bond acceptors (Lipinski definition) is 2. The van der Waals surface area contributed by atoms with Crippen molar-refractivity contribution in [3.8, 4) is 0 Å². The second-order valence-corrected chi connectivity index (χ2v) is 5.39. The van der Waals surface area contributed by atoms with Crippen LogP contribution in [0.3, 0.4) is 0 Å². The summed E-state index contributed by atoms with van der Waals surface area (Å²) in [6.07, 6.45) is 3.13. The smallest absolute Gasteiger partial charge is 0.328 e. The number of carbonyl (C=O) groups is 1. The van der Waals surface area contributed by atoms with Gasteiger partial charge in [0.2, 0.25) is 0 Å². The third-order valence-corrected chi connectivity index (χ3v) is 3.45. The third-order valence-electron chi connectivity index (χ3n) is 2.27. The van der Waals surface area contributed by atoms with Crippen molar-refractivity contribution in [1.82, 2.24) is 0 Å². The van der Waals surface area contributed by atoms with Crippen molar-refractivity contribution >= 4 is 22.9 Å². The first-order valence-corrected chi connectivity index (χ1v) is 6.37. The zero-order chi connectivity index (χ0) is 12.1. The largest absolute Gasteiger partial charge is 0.478 e. The number of carboxylic acid groups (broad SMARTS) is 1. The summed E-state index contributed by atoms with van der Waals surface area (Å²) in [5, 5.41) is 8.76. The van der Waals surface area contributed by atoms with Crippen LogP contribution < -0.4 is 0 Å². The Morgan fingerprint density at radius 3 is 2.69 bits per heavy atom. The molecule has 88 valence electrons. The van der Waals surface area contributed by atoms with Crippen LogP contribution in [0, 0.1) is 5.92 Å². The highest BCUT2D eigenvalue weighted by atomic mass is 32.1. The predicted molar refractivity (Wildman–Crippen MR) is 68.8 cm³/mol. The highest BCUT2D eigenvalue weighted by Gasteiger charge is 2.07. The Kier molecular flexibility index (Phi) is 4.74. The molecule has 1 heterocycles. The van der Waals surface area contributed by atoms with Crippen molar-refractivity contribution < 1.29 is 9.90 Å². The van der Waals surface area contributed by atoms with E-state index in [0.29, 0.717) is 5.92 Å². The summed E-state index contributed by atoms with van der Waals surface area (Å²) < 4.78 is 0. The number of carboxylic acids is 1. The molecule has 0 saturated carbocycles. The molecule has 0 amide bonds. The molecule has 1 aromatic rings. The van der Waals surface area contributed by atoms with E-state index >= 15 is 0 Å². The molecule has 16 heavy (non-hydrogen) atoms. The molecule has 0 aromatic carbocycles. The summed E-state index contributed by atoms with van der Waals surface area (Å²) >= 11 is 1.70. The maximum absolute atomic E-state index is 10.7. The Morgan fingerprint density at radius 2 is 2.19 bits per heavy atom. The van der Waals surface area contributed by atoms with E-state index in [1.54, 1.807) is 11.3 Å². The fourth-order valence-electron chi connectivity index (χ4n) is 1.56. The molecule has 0 radical (unpaired) electrons. The fourth-order valence-corrected chi connectivity index (χ4v) is 2.86. The molecule has 1 aromatic heterocycles. The minimum absolute atomic E-state index is 0.639. The summed E-state index contributed by atoms with van der Waals surface area (Å²) in [7, 11) is 0. The van der Waals surface area contributed by atoms with Gasteiger partial charge in [-0.25, -0.2) is 4.79 Å². The van der Waals surface area contributed by atoms with Crippen LogP contribution in [0.15, 0.2) is 18.2 Å². The van der Waals surface area contributed by atoms with Gasteiger partial charge in [-0.2, -0.15) is 0 Å². The molecule has 0 unspecified atom stereocenters. The van der Waals surface area contributed by atoms with E-state index < -0.39 is 5.97 Å². The van der Waals surface area contributed by atoms with Crippen molar-refractivity contribution in [1.29, 1.82) is 0 Å². The zero-order valence-electron chi connectivity index (χ0n) is 9.99. The van der Waals surface area contributed by atoms with Crippen LogP contribution in [-0.4, -0.2) is 11.1 Å². The minimum Gasteiger partial charge on any atom is -0.478 e. The van der Waals surface area contributed by atoms with E-state index in [1.165, 1.54) is 11.0 Å². The summed E-state index contributed by atoms with van der Waals surface area (Å²) in [5.74, 6) is -0.226. The van der Waals surface area contributed by atoms with Crippen molar-refractivity contribution in [2.24, 2.45) is 5.92 Å². The van der Waals surface area contributed by atoms with Gasteiger partial charge in [-0.1, -0.05) is 20.8 Å². The van der Waals surface area contributed by atoms with Crippen LogP contribution >= 0.6 is 11.3 Å².